The van der Waals surface area contributed by atoms with Crippen molar-refractivity contribution in [3.05, 3.63) is 58.8 Å². The first-order valence-electron chi connectivity index (χ1n) is 10.8. The average molecular weight is 428 g/mol. The molecule has 3 aromatic rings. The van der Waals surface area contributed by atoms with Gasteiger partial charge in [-0.25, -0.2) is 0 Å². The van der Waals surface area contributed by atoms with E-state index in [4.69, 9.17) is 5.10 Å². The molecule has 0 radical (unpaired) electrons. The summed E-state index contributed by atoms with van der Waals surface area (Å²) in [5, 5.41) is 27.7. The molecule has 0 fully saturated rings. The van der Waals surface area contributed by atoms with Gasteiger partial charge in [0.05, 0.1) is 17.8 Å². The number of carbonyl (C=O) groups is 1. The number of tetrazole rings is 1. The van der Waals surface area contributed by atoms with Crippen molar-refractivity contribution in [2.75, 3.05) is 0 Å². The number of fused-ring (bicyclic) bond motifs is 3. The lowest BCUT2D eigenvalue weighted by atomic mass is 9.52. The fourth-order valence-electron chi connectivity index (χ4n) is 5.66. The third kappa shape index (κ3) is 2.84. The Kier molecular flexibility index (Phi) is 4.41. The summed E-state index contributed by atoms with van der Waals surface area (Å²) in [6.07, 6.45) is 3.44. The molecule has 0 spiro atoms. The number of rotatable bonds is 3. The highest BCUT2D eigenvalue weighted by atomic mass is 16.1. The summed E-state index contributed by atoms with van der Waals surface area (Å²) < 4.78 is 1.81. The maximum absolute atomic E-state index is 12.9. The Balaban J connectivity index is 1.58. The monoisotopic (exact) mass is 427 g/mol. The van der Waals surface area contributed by atoms with Gasteiger partial charge in [0.15, 0.2) is 5.78 Å². The second kappa shape index (κ2) is 6.95. The van der Waals surface area contributed by atoms with Gasteiger partial charge in [0.1, 0.15) is 11.8 Å². The molecule has 2 atom stereocenters. The molecule has 162 valence electrons. The van der Waals surface area contributed by atoms with Crippen molar-refractivity contribution >= 4 is 5.78 Å². The van der Waals surface area contributed by atoms with E-state index in [1.165, 1.54) is 0 Å². The number of nitrogens with zero attached hydrogens (tertiary/aromatic N) is 7. The quantitative estimate of drug-likeness (QED) is 0.637. The smallest absolute Gasteiger partial charge is 0.223 e. The molecule has 8 nitrogen and oxygen atoms in total. The molecule has 0 N–H and O–H groups in total. The molecule has 0 amide bonds. The molecular weight excluding hydrogens is 402 g/mol. The molecule has 8 heteroatoms. The van der Waals surface area contributed by atoms with Gasteiger partial charge in [0.2, 0.25) is 5.82 Å². The zero-order chi connectivity index (χ0) is 22.7. The van der Waals surface area contributed by atoms with Crippen LogP contribution in [-0.4, -0.2) is 35.8 Å². The van der Waals surface area contributed by atoms with Crippen molar-refractivity contribution in [1.82, 2.24) is 30.0 Å². The van der Waals surface area contributed by atoms with Crippen LogP contribution in [0, 0.1) is 22.7 Å². The molecule has 2 aromatic heterocycles. The van der Waals surface area contributed by atoms with Crippen LogP contribution in [0.25, 0.3) is 11.5 Å². The third-order valence-corrected chi connectivity index (χ3v) is 7.16. The first kappa shape index (κ1) is 20.3. The zero-order valence-electron chi connectivity index (χ0n) is 18.7. The topological polar surface area (TPSA) is 102 Å². The van der Waals surface area contributed by atoms with E-state index in [0.29, 0.717) is 12.4 Å². The largest absolute Gasteiger partial charge is 0.293 e. The van der Waals surface area contributed by atoms with Crippen molar-refractivity contribution in [3.8, 4) is 17.6 Å². The Morgan fingerprint density at radius 2 is 1.94 bits per heavy atom. The van der Waals surface area contributed by atoms with E-state index in [-0.39, 0.29) is 17.3 Å². The molecule has 32 heavy (non-hydrogen) atoms. The molecule has 2 aliphatic rings. The van der Waals surface area contributed by atoms with Gasteiger partial charge in [0.25, 0.3) is 0 Å². The molecule has 0 aliphatic heterocycles. The van der Waals surface area contributed by atoms with Crippen LogP contribution in [0.3, 0.4) is 0 Å². The molecule has 2 heterocycles. The van der Waals surface area contributed by atoms with Crippen LogP contribution in [0.1, 0.15) is 44.0 Å². The van der Waals surface area contributed by atoms with E-state index < -0.39 is 10.8 Å². The molecule has 0 saturated carbocycles. The standard InChI is InChI=1S/C24H25N7O/c1-23(2)18-11-10-17-19(22-26-29-31(28-22)14-15-8-6-5-7-9-15)30(4)27-20(17)24(18,3)12-16(13-25)21(23)32/h5-9,12,18H,10-11,14H2,1-4H3/t18-,24-/m0/s1. The number of aryl methyl sites for hydroxylation is 1. The lowest BCUT2D eigenvalue weighted by Crippen LogP contribution is -2.51. The second-order valence-corrected chi connectivity index (χ2v) is 9.52. The van der Waals surface area contributed by atoms with Crippen molar-refractivity contribution in [2.24, 2.45) is 18.4 Å². The summed E-state index contributed by atoms with van der Waals surface area (Å²) >= 11 is 0. The van der Waals surface area contributed by atoms with Gasteiger partial charge < -0.3 is 0 Å². The average Bonchev–Trinajstić information content (AvgIpc) is 3.35. The number of Topliss-reactive ketones (excluding diaryl/α,β-unsaturated/α-hetero) is 1. The van der Waals surface area contributed by atoms with Crippen LogP contribution in [0.5, 0.6) is 0 Å². The zero-order valence-corrected chi connectivity index (χ0v) is 18.7. The number of aromatic nitrogens is 6. The number of allylic oxidation sites excluding steroid dienone is 2. The van der Waals surface area contributed by atoms with E-state index in [0.717, 1.165) is 35.4 Å². The van der Waals surface area contributed by atoms with Gasteiger partial charge in [-0.2, -0.15) is 15.2 Å². The van der Waals surface area contributed by atoms with Gasteiger partial charge in [-0.15, -0.1) is 10.2 Å². The van der Waals surface area contributed by atoms with Gasteiger partial charge in [-0.05, 0) is 29.5 Å². The number of nitriles is 1. The van der Waals surface area contributed by atoms with Crippen LogP contribution in [0.4, 0.5) is 0 Å². The minimum atomic E-state index is -0.624. The molecule has 0 saturated heterocycles. The van der Waals surface area contributed by atoms with E-state index >= 15 is 0 Å². The number of hydrogen-bond acceptors (Lipinski definition) is 6. The Bertz CT molecular complexity index is 1290. The molecule has 5 rings (SSSR count). The van der Waals surface area contributed by atoms with Crippen molar-refractivity contribution in [3.63, 3.8) is 0 Å². The minimum absolute atomic E-state index is 0.0663. The van der Waals surface area contributed by atoms with Crippen molar-refractivity contribution < 1.29 is 4.79 Å². The van der Waals surface area contributed by atoms with Crippen LogP contribution < -0.4 is 0 Å². The summed E-state index contributed by atoms with van der Waals surface area (Å²) in [5.41, 5.74) is 3.01. The number of benzene rings is 1. The van der Waals surface area contributed by atoms with Gasteiger partial charge in [-0.1, -0.05) is 57.2 Å². The van der Waals surface area contributed by atoms with Crippen LogP contribution >= 0.6 is 0 Å². The SMILES string of the molecule is Cn1nc2c(c1-c1nnn(Cc3ccccc3)n1)CC[C@H]1C(C)(C)C(=O)C(C#N)=C[C@]21C. The second-order valence-electron chi connectivity index (χ2n) is 9.52. The summed E-state index contributed by atoms with van der Waals surface area (Å²) in [6.45, 7) is 6.54. The van der Waals surface area contributed by atoms with Crippen molar-refractivity contribution in [2.45, 2.75) is 45.6 Å². The summed E-state index contributed by atoms with van der Waals surface area (Å²) in [5.74, 6) is 0.527. The fraction of sp³-hybridized carbons (Fsp3) is 0.417. The summed E-state index contributed by atoms with van der Waals surface area (Å²) in [4.78, 5) is 14.5. The third-order valence-electron chi connectivity index (χ3n) is 7.16. The van der Waals surface area contributed by atoms with Crippen LogP contribution in [0.15, 0.2) is 42.0 Å². The van der Waals surface area contributed by atoms with Crippen molar-refractivity contribution in [1.29, 1.82) is 5.26 Å². The van der Waals surface area contributed by atoms with Crippen LogP contribution in [0.2, 0.25) is 0 Å². The Morgan fingerprint density at radius 3 is 2.66 bits per heavy atom. The van der Waals surface area contributed by atoms with Gasteiger partial charge in [0, 0.05) is 23.4 Å². The lowest BCUT2D eigenvalue weighted by Gasteiger charge is -2.49. The summed E-state index contributed by atoms with van der Waals surface area (Å²) in [7, 11) is 1.89. The molecule has 0 unspecified atom stereocenters. The van der Waals surface area contributed by atoms with E-state index in [1.54, 1.807) is 4.80 Å². The van der Waals surface area contributed by atoms with Gasteiger partial charge >= 0.3 is 0 Å². The number of ketones is 1. The predicted molar refractivity (Wildman–Crippen MR) is 117 cm³/mol. The minimum Gasteiger partial charge on any atom is -0.293 e. The fourth-order valence-corrected chi connectivity index (χ4v) is 5.66. The normalized spacial score (nSPS) is 23.8. The van der Waals surface area contributed by atoms with E-state index in [1.807, 2.05) is 62.0 Å². The number of carbonyl (C=O) groups excluding carboxylic acids is 1. The van der Waals surface area contributed by atoms with E-state index in [2.05, 4.69) is 28.4 Å². The molecule has 1 aromatic carbocycles. The summed E-state index contributed by atoms with van der Waals surface area (Å²) in [6, 6.07) is 12.1. The molecule has 2 aliphatic carbocycles. The molecular formula is C24H25N7O. The first-order valence-corrected chi connectivity index (χ1v) is 10.8. The Labute approximate surface area is 186 Å². The van der Waals surface area contributed by atoms with Gasteiger partial charge in [-0.3, -0.25) is 9.48 Å². The highest BCUT2D eigenvalue weighted by Crippen LogP contribution is 2.55. The molecule has 0 bridgehead atoms. The number of hydrogen-bond donors (Lipinski definition) is 0. The highest BCUT2D eigenvalue weighted by Gasteiger charge is 2.55. The highest BCUT2D eigenvalue weighted by molar-refractivity contribution is 6.04. The lowest BCUT2D eigenvalue weighted by molar-refractivity contribution is -0.128. The maximum atomic E-state index is 12.9. The Morgan fingerprint density at radius 1 is 1.19 bits per heavy atom. The first-order chi connectivity index (χ1) is 15.3. The predicted octanol–water partition coefficient (Wildman–Crippen LogP) is 3.00. The van der Waals surface area contributed by atoms with E-state index in [9.17, 15) is 10.1 Å². The Hall–Kier alpha value is -3.60. The van der Waals surface area contributed by atoms with Crippen LogP contribution in [-0.2, 0) is 30.2 Å². The maximum Gasteiger partial charge on any atom is 0.223 e.